The van der Waals surface area contributed by atoms with Gasteiger partial charge in [0.05, 0.1) is 13.0 Å². The van der Waals surface area contributed by atoms with Crippen molar-refractivity contribution in [3.05, 3.63) is 0 Å². The predicted octanol–water partition coefficient (Wildman–Crippen LogP) is -0.145. The van der Waals surface area contributed by atoms with E-state index >= 15 is 0 Å². The van der Waals surface area contributed by atoms with Crippen molar-refractivity contribution in [2.75, 3.05) is 52.9 Å². The van der Waals surface area contributed by atoms with Crippen molar-refractivity contribution < 1.29 is 19.4 Å². The van der Waals surface area contributed by atoms with Crippen LogP contribution in [0.5, 0.6) is 0 Å². The average Bonchev–Trinajstić information content (AvgIpc) is 2.93. The number of aliphatic carboxylic acids is 1. The van der Waals surface area contributed by atoms with Gasteiger partial charge in [-0.15, -0.1) is 0 Å². The first-order chi connectivity index (χ1) is 11.5. The molecule has 2 unspecified atom stereocenters. The second kappa shape index (κ2) is 7.67. The Kier molecular flexibility index (Phi) is 5.57. The highest BCUT2D eigenvalue weighted by Crippen LogP contribution is 2.27. The van der Waals surface area contributed by atoms with Gasteiger partial charge in [0.2, 0.25) is 0 Å². The van der Waals surface area contributed by atoms with Crippen LogP contribution in [0.25, 0.3) is 0 Å². The van der Waals surface area contributed by atoms with Gasteiger partial charge in [0.1, 0.15) is 0 Å². The molecule has 0 bridgehead atoms. The van der Waals surface area contributed by atoms with Crippen molar-refractivity contribution in [1.29, 1.82) is 0 Å². The molecule has 0 spiro atoms. The molecule has 0 aliphatic carbocycles. The van der Waals surface area contributed by atoms with E-state index < -0.39 is 5.97 Å². The molecular weight excluding hydrogens is 312 g/mol. The molecule has 8 nitrogen and oxygen atoms in total. The second-order valence-electron chi connectivity index (χ2n) is 7.05. The van der Waals surface area contributed by atoms with Crippen molar-refractivity contribution in [3.8, 4) is 0 Å². The fourth-order valence-electron chi connectivity index (χ4n) is 4.07. The van der Waals surface area contributed by atoms with Crippen LogP contribution in [0.2, 0.25) is 0 Å². The number of carbonyl (C=O) groups excluding carboxylic acids is 1. The van der Waals surface area contributed by atoms with Crippen LogP contribution in [0.15, 0.2) is 0 Å². The summed E-state index contributed by atoms with van der Waals surface area (Å²) in [5, 5.41) is 12.4. The van der Waals surface area contributed by atoms with Gasteiger partial charge in [0.15, 0.2) is 6.23 Å². The standard InChI is InChI=1S/C16H28N4O4/c1-18-11-14(24-16(18)23)20-9-8-19(7-4-15(21)22)13(10-20)12-2-5-17-6-3-12/h12-14,17H,2-11H2,1H3,(H,21,22). The minimum absolute atomic E-state index is 0.173. The minimum Gasteiger partial charge on any atom is -0.481 e. The maximum absolute atomic E-state index is 11.6. The highest BCUT2D eigenvalue weighted by atomic mass is 16.6. The van der Waals surface area contributed by atoms with Gasteiger partial charge in [-0.1, -0.05) is 0 Å². The van der Waals surface area contributed by atoms with Gasteiger partial charge in [-0.25, -0.2) is 4.79 Å². The zero-order valence-corrected chi connectivity index (χ0v) is 14.3. The van der Waals surface area contributed by atoms with Gasteiger partial charge in [-0.3, -0.25) is 14.6 Å². The lowest BCUT2D eigenvalue weighted by atomic mass is 9.87. The van der Waals surface area contributed by atoms with Crippen molar-refractivity contribution in [1.82, 2.24) is 20.0 Å². The molecule has 8 heteroatoms. The number of carboxylic acid groups (broad SMARTS) is 1. The lowest BCUT2D eigenvalue weighted by molar-refractivity contribution is -0.138. The van der Waals surface area contributed by atoms with E-state index in [1.54, 1.807) is 11.9 Å². The van der Waals surface area contributed by atoms with Gasteiger partial charge in [-0.2, -0.15) is 0 Å². The summed E-state index contributed by atoms with van der Waals surface area (Å²) in [6.07, 6.45) is 1.99. The lowest BCUT2D eigenvalue weighted by Crippen LogP contribution is -2.60. The number of rotatable bonds is 5. The Morgan fingerprint density at radius 2 is 2.04 bits per heavy atom. The van der Waals surface area contributed by atoms with Crippen molar-refractivity contribution in [2.45, 2.75) is 31.5 Å². The molecule has 24 heavy (non-hydrogen) atoms. The molecule has 3 heterocycles. The van der Waals surface area contributed by atoms with Gasteiger partial charge < -0.3 is 20.1 Å². The first-order valence-electron chi connectivity index (χ1n) is 8.87. The van der Waals surface area contributed by atoms with Crippen LogP contribution >= 0.6 is 0 Å². The van der Waals surface area contributed by atoms with E-state index in [9.17, 15) is 9.59 Å². The van der Waals surface area contributed by atoms with Gasteiger partial charge in [0.25, 0.3) is 0 Å². The van der Waals surface area contributed by atoms with Crippen LogP contribution in [0, 0.1) is 5.92 Å². The summed E-state index contributed by atoms with van der Waals surface area (Å²) in [4.78, 5) is 28.8. The maximum atomic E-state index is 11.6. The number of hydrogen-bond acceptors (Lipinski definition) is 6. The molecule has 3 fully saturated rings. The molecule has 0 aromatic carbocycles. The smallest absolute Gasteiger partial charge is 0.411 e. The Labute approximate surface area is 142 Å². The van der Waals surface area contributed by atoms with Crippen molar-refractivity contribution in [3.63, 3.8) is 0 Å². The second-order valence-corrected chi connectivity index (χ2v) is 7.05. The Morgan fingerprint density at radius 1 is 1.29 bits per heavy atom. The summed E-state index contributed by atoms with van der Waals surface area (Å²) >= 11 is 0. The summed E-state index contributed by atoms with van der Waals surface area (Å²) in [6.45, 7) is 5.74. The van der Waals surface area contributed by atoms with E-state index in [0.717, 1.165) is 45.6 Å². The number of nitrogens with zero attached hydrogens (tertiary/aromatic N) is 3. The number of piperidine rings is 1. The number of nitrogens with one attached hydrogen (secondary N) is 1. The molecule has 0 aromatic rings. The third kappa shape index (κ3) is 3.99. The van der Waals surface area contributed by atoms with E-state index in [1.165, 1.54) is 0 Å². The van der Waals surface area contributed by atoms with E-state index in [0.29, 0.717) is 25.0 Å². The molecule has 3 saturated heterocycles. The number of hydrogen-bond donors (Lipinski definition) is 2. The van der Waals surface area contributed by atoms with Gasteiger partial charge >= 0.3 is 12.1 Å². The quantitative estimate of drug-likeness (QED) is 0.720. The highest BCUT2D eigenvalue weighted by Gasteiger charge is 2.40. The minimum atomic E-state index is -0.743. The monoisotopic (exact) mass is 340 g/mol. The van der Waals surface area contributed by atoms with E-state index in [-0.39, 0.29) is 18.7 Å². The van der Waals surface area contributed by atoms with Gasteiger partial charge in [-0.05, 0) is 31.8 Å². The molecule has 0 radical (unpaired) electrons. The Balaban J connectivity index is 1.65. The number of ether oxygens (including phenoxy) is 1. The molecule has 136 valence electrons. The molecule has 2 atom stereocenters. The summed E-state index contributed by atoms with van der Waals surface area (Å²) < 4.78 is 5.47. The van der Waals surface area contributed by atoms with Gasteiger partial charge in [0, 0.05) is 39.3 Å². The van der Waals surface area contributed by atoms with Crippen LogP contribution in [0.3, 0.4) is 0 Å². The van der Waals surface area contributed by atoms with Crippen LogP contribution in [-0.2, 0) is 9.53 Å². The molecule has 3 aliphatic heterocycles. The summed E-state index contributed by atoms with van der Waals surface area (Å²) in [7, 11) is 1.76. The molecule has 2 N–H and O–H groups in total. The summed E-state index contributed by atoms with van der Waals surface area (Å²) in [5.41, 5.74) is 0. The van der Waals surface area contributed by atoms with E-state index in [4.69, 9.17) is 9.84 Å². The predicted molar refractivity (Wildman–Crippen MR) is 87.7 cm³/mol. The number of carboxylic acids is 1. The molecule has 3 rings (SSSR count). The lowest BCUT2D eigenvalue weighted by Gasteiger charge is -2.46. The molecular formula is C16H28N4O4. The highest BCUT2D eigenvalue weighted by molar-refractivity contribution is 5.69. The topological polar surface area (TPSA) is 85.3 Å². The summed E-state index contributed by atoms with van der Waals surface area (Å²) in [6, 6.07) is 0.338. The van der Waals surface area contributed by atoms with Crippen LogP contribution in [-0.4, -0.2) is 97.0 Å². The number of carbonyl (C=O) groups is 2. The molecule has 0 saturated carbocycles. The third-order valence-electron chi connectivity index (χ3n) is 5.49. The maximum Gasteiger partial charge on any atom is 0.411 e. The SMILES string of the molecule is CN1CC(N2CCN(CCC(=O)O)C(C3CCNCC3)C2)OC1=O. The van der Waals surface area contributed by atoms with Crippen LogP contribution in [0.4, 0.5) is 4.79 Å². The normalized spacial score (nSPS) is 30.5. The first-order valence-corrected chi connectivity index (χ1v) is 8.87. The Hall–Kier alpha value is -1.38. The summed E-state index contributed by atoms with van der Waals surface area (Å²) in [5.74, 6) is -0.175. The van der Waals surface area contributed by atoms with Crippen molar-refractivity contribution in [2.24, 2.45) is 5.92 Å². The fraction of sp³-hybridized carbons (Fsp3) is 0.875. The fourth-order valence-corrected chi connectivity index (χ4v) is 4.07. The number of cyclic esters (lactones) is 1. The zero-order valence-electron chi connectivity index (χ0n) is 14.3. The molecule has 3 aliphatic rings. The van der Waals surface area contributed by atoms with E-state index in [2.05, 4.69) is 15.1 Å². The first kappa shape index (κ1) is 17.4. The number of amides is 1. The van der Waals surface area contributed by atoms with Crippen molar-refractivity contribution >= 4 is 12.1 Å². The largest absolute Gasteiger partial charge is 0.481 e. The van der Waals surface area contributed by atoms with E-state index in [1.807, 2.05) is 0 Å². The van der Waals surface area contributed by atoms with Crippen LogP contribution in [0.1, 0.15) is 19.3 Å². The third-order valence-corrected chi connectivity index (χ3v) is 5.49. The average molecular weight is 340 g/mol. The molecule has 1 amide bonds. The zero-order chi connectivity index (χ0) is 17.1. The number of likely N-dealkylation sites (N-methyl/N-ethyl adjacent to an activating group) is 1. The Bertz CT molecular complexity index is 469. The Morgan fingerprint density at radius 3 is 2.67 bits per heavy atom. The van der Waals surface area contributed by atoms with Crippen LogP contribution < -0.4 is 5.32 Å². The number of piperazine rings is 1. The molecule has 0 aromatic heterocycles.